The van der Waals surface area contributed by atoms with E-state index in [2.05, 4.69) is 19.1 Å². The van der Waals surface area contributed by atoms with E-state index >= 15 is 0 Å². The third-order valence-corrected chi connectivity index (χ3v) is 5.08. The first kappa shape index (κ1) is 16.7. The highest BCUT2D eigenvalue weighted by Crippen LogP contribution is 2.38. The molecule has 2 aliphatic rings. The minimum Gasteiger partial charge on any atom is -0.486 e. The summed E-state index contributed by atoms with van der Waals surface area (Å²) in [7, 11) is 0. The summed E-state index contributed by atoms with van der Waals surface area (Å²) in [5, 5.41) is 0. The van der Waals surface area contributed by atoms with Crippen LogP contribution >= 0.6 is 0 Å². The van der Waals surface area contributed by atoms with Crippen molar-refractivity contribution in [3.8, 4) is 11.5 Å². The van der Waals surface area contributed by atoms with Crippen LogP contribution in [0.3, 0.4) is 0 Å². The van der Waals surface area contributed by atoms with Gasteiger partial charge in [-0.05, 0) is 54.7 Å². The Morgan fingerprint density at radius 1 is 1.12 bits per heavy atom. The van der Waals surface area contributed by atoms with Crippen molar-refractivity contribution in [2.45, 2.75) is 25.8 Å². The van der Waals surface area contributed by atoms with E-state index in [1.54, 1.807) is 6.08 Å². The quantitative estimate of drug-likeness (QED) is 0.782. The Bertz CT molecular complexity index is 843. The van der Waals surface area contributed by atoms with Gasteiger partial charge in [-0.25, -0.2) is 0 Å². The molecule has 1 atom stereocenters. The average Bonchev–Trinajstić information content (AvgIpc) is 3.17. The molecule has 1 fully saturated rings. The van der Waals surface area contributed by atoms with E-state index in [0.29, 0.717) is 13.2 Å². The first-order valence-electron chi connectivity index (χ1n) is 9.16. The number of aryl methyl sites for hydroxylation is 1. The zero-order valence-electron chi connectivity index (χ0n) is 15.0. The van der Waals surface area contributed by atoms with Crippen LogP contribution in [0.4, 0.5) is 0 Å². The van der Waals surface area contributed by atoms with E-state index < -0.39 is 0 Å². The lowest BCUT2D eigenvalue weighted by atomic mass is 10.0. The molecule has 4 nitrogen and oxygen atoms in total. The summed E-state index contributed by atoms with van der Waals surface area (Å²) < 4.78 is 11.3. The summed E-state index contributed by atoms with van der Waals surface area (Å²) >= 11 is 0. The highest BCUT2D eigenvalue weighted by atomic mass is 16.6. The molecule has 0 unspecified atom stereocenters. The van der Waals surface area contributed by atoms with Gasteiger partial charge in [0, 0.05) is 12.6 Å². The van der Waals surface area contributed by atoms with Crippen molar-refractivity contribution in [3.05, 3.63) is 65.2 Å². The fourth-order valence-corrected chi connectivity index (χ4v) is 3.67. The van der Waals surface area contributed by atoms with Crippen LogP contribution < -0.4 is 9.47 Å². The number of carbonyl (C=O) groups is 1. The molecule has 0 N–H and O–H groups in total. The summed E-state index contributed by atoms with van der Waals surface area (Å²) in [6.45, 7) is 4.00. The minimum atomic E-state index is 0.0608. The standard InChI is InChI=1S/C22H23NO3/c1-16-5-2-3-6-17(16)9-11-22(24)23-12-4-7-19(23)18-8-10-20-21(15-18)26-14-13-25-20/h2-3,5-6,8-11,15,19H,4,7,12-14H2,1H3/b11-9+/t19-/m0/s1. The zero-order valence-corrected chi connectivity index (χ0v) is 15.0. The number of hydrogen-bond acceptors (Lipinski definition) is 3. The molecule has 0 bridgehead atoms. The Kier molecular flexibility index (Phi) is 4.65. The molecule has 2 aliphatic heterocycles. The zero-order chi connectivity index (χ0) is 17.9. The van der Waals surface area contributed by atoms with Crippen molar-refractivity contribution < 1.29 is 14.3 Å². The lowest BCUT2D eigenvalue weighted by Crippen LogP contribution is -2.29. The van der Waals surface area contributed by atoms with E-state index in [4.69, 9.17) is 9.47 Å². The number of amides is 1. The van der Waals surface area contributed by atoms with E-state index in [-0.39, 0.29) is 11.9 Å². The molecule has 0 aromatic heterocycles. The summed E-state index contributed by atoms with van der Waals surface area (Å²) in [6, 6.07) is 14.2. The number of carbonyl (C=O) groups excluding carboxylic acids is 1. The molecule has 0 radical (unpaired) electrons. The predicted octanol–water partition coefficient (Wildman–Crippen LogP) is 4.14. The molecule has 2 heterocycles. The van der Waals surface area contributed by atoms with Gasteiger partial charge in [0.25, 0.3) is 0 Å². The first-order chi connectivity index (χ1) is 12.7. The van der Waals surface area contributed by atoms with Gasteiger partial charge in [-0.2, -0.15) is 0 Å². The second-order valence-electron chi connectivity index (χ2n) is 6.78. The molecule has 26 heavy (non-hydrogen) atoms. The SMILES string of the molecule is Cc1ccccc1/C=C/C(=O)N1CCC[C@H]1c1ccc2c(c1)OCCO2. The Morgan fingerprint density at radius 2 is 1.92 bits per heavy atom. The van der Waals surface area contributed by atoms with E-state index in [1.807, 2.05) is 41.3 Å². The largest absolute Gasteiger partial charge is 0.486 e. The van der Waals surface area contributed by atoms with Gasteiger partial charge in [0.1, 0.15) is 13.2 Å². The van der Waals surface area contributed by atoms with Crippen molar-refractivity contribution in [2.24, 2.45) is 0 Å². The van der Waals surface area contributed by atoms with Gasteiger partial charge in [-0.1, -0.05) is 30.3 Å². The van der Waals surface area contributed by atoms with Gasteiger partial charge in [0.15, 0.2) is 11.5 Å². The Morgan fingerprint density at radius 3 is 2.77 bits per heavy atom. The highest BCUT2D eigenvalue weighted by molar-refractivity contribution is 5.92. The number of fused-ring (bicyclic) bond motifs is 1. The number of nitrogens with zero attached hydrogens (tertiary/aromatic N) is 1. The van der Waals surface area contributed by atoms with Crippen molar-refractivity contribution in [1.82, 2.24) is 4.90 Å². The van der Waals surface area contributed by atoms with Crippen LogP contribution in [-0.2, 0) is 4.79 Å². The average molecular weight is 349 g/mol. The number of rotatable bonds is 3. The normalized spacial score (nSPS) is 19.1. The highest BCUT2D eigenvalue weighted by Gasteiger charge is 2.29. The Labute approximate surface area is 154 Å². The van der Waals surface area contributed by atoms with Crippen LogP contribution in [0, 0.1) is 6.92 Å². The van der Waals surface area contributed by atoms with Gasteiger partial charge in [0.05, 0.1) is 6.04 Å². The van der Waals surface area contributed by atoms with Gasteiger partial charge in [-0.15, -0.1) is 0 Å². The van der Waals surface area contributed by atoms with Crippen LogP contribution in [0.2, 0.25) is 0 Å². The van der Waals surface area contributed by atoms with E-state index in [0.717, 1.165) is 42.0 Å². The van der Waals surface area contributed by atoms with Crippen molar-refractivity contribution in [3.63, 3.8) is 0 Å². The predicted molar refractivity (Wildman–Crippen MR) is 101 cm³/mol. The monoisotopic (exact) mass is 349 g/mol. The van der Waals surface area contributed by atoms with E-state index in [9.17, 15) is 4.79 Å². The number of likely N-dealkylation sites (tertiary alicyclic amines) is 1. The van der Waals surface area contributed by atoms with Crippen molar-refractivity contribution in [1.29, 1.82) is 0 Å². The summed E-state index contributed by atoms with van der Waals surface area (Å²) in [6.07, 6.45) is 5.60. The smallest absolute Gasteiger partial charge is 0.247 e. The maximum absolute atomic E-state index is 12.8. The molecule has 0 saturated carbocycles. The molecule has 4 rings (SSSR count). The molecule has 0 aliphatic carbocycles. The fraction of sp³-hybridized carbons (Fsp3) is 0.318. The molecule has 4 heteroatoms. The molecular formula is C22H23NO3. The lowest BCUT2D eigenvalue weighted by Gasteiger charge is -2.26. The molecule has 0 spiro atoms. The number of ether oxygens (including phenoxy) is 2. The van der Waals surface area contributed by atoms with Crippen molar-refractivity contribution in [2.75, 3.05) is 19.8 Å². The van der Waals surface area contributed by atoms with E-state index in [1.165, 1.54) is 5.56 Å². The second-order valence-corrected chi connectivity index (χ2v) is 6.78. The summed E-state index contributed by atoms with van der Waals surface area (Å²) in [4.78, 5) is 14.7. The fourth-order valence-electron chi connectivity index (χ4n) is 3.67. The van der Waals surface area contributed by atoms with Crippen molar-refractivity contribution >= 4 is 12.0 Å². The van der Waals surface area contributed by atoms with Crippen LogP contribution in [0.1, 0.15) is 35.6 Å². The minimum absolute atomic E-state index is 0.0608. The van der Waals surface area contributed by atoms with Crippen LogP contribution in [0.15, 0.2) is 48.5 Å². The number of benzene rings is 2. The molecule has 1 amide bonds. The van der Waals surface area contributed by atoms with Gasteiger partial charge in [0.2, 0.25) is 5.91 Å². The molecule has 1 saturated heterocycles. The Balaban J connectivity index is 1.53. The molecular weight excluding hydrogens is 326 g/mol. The third-order valence-electron chi connectivity index (χ3n) is 5.08. The van der Waals surface area contributed by atoms with Crippen LogP contribution in [0.5, 0.6) is 11.5 Å². The second kappa shape index (κ2) is 7.24. The Hall–Kier alpha value is -2.75. The maximum Gasteiger partial charge on any atom is 0.247 e. The van der Waals surface area contributed by atoms with Gasteiger partial charge in [-0.3, -0.25) is 4.79 Å². The van der Waals surface area contributed by atoms with Gasteiger partial charge < -0.3 is 14.4 Å². The van der Waals surface area contributed by atoms with Gasteiger partial charge >= 0.3 is 0 Å². The molecule has 2 aromatic carbocycles. The first-order valence-corrected chi connectivity index (χ1v) is 9.16. The third kappa shape index (κ3) is 3.32. The lowest BCUT2D eigenvalue weighted by molar-refractivity contribution is -0.126. The van der Waals surface area contributed by atoms with Crippen LogP contribution in [-0.4, -0.2) is 30.6 Å². The number of hydrogen-bond donors (Lipinski definition) is 0. The van der Waals surface area contributed by atoms with Crippen LogP contribution in [0.25, 0.3) is 6.08 Å². The topological polar surface area (TPSA) is 38.8 Å². The summed E-state index contributed by atoms with van der Waals surface area (Å²) in [5.41, 5.74) is 3.36. The molecule has 2 aromatic rings. The molecule has 134 valence electrons. The summed E-state index contributed by atoms with van der Waals surface area (Å²) in [5.74, 6) is 1.63. The maximum atomic E-state index is 12.8.